The molecule has 0 amide bonds. The highest BCUT2D eigenvalue weighted by Gasteiger charge is 2.12. The number of anilines is 2. The fourth-order valence-corrected chi connectivity index (χ4v) is 2.33. The number of benzene rings is 1. The quantitative estimate of drug-likeness (QED) is 0.880. The molecule has 2 rings (SSSR count). The number of carbonyl (C=O) groups is 1. The van der Waals surface area contributed by atoms with Crippen LogP contribution in [0.25, 0.3) is 0 Å². The zero-order chi connectivity index (χ0) is 15.6. The van der Waals surface area contributed by atoms with Crippen LogP contribution in [0.5, 0.6) is 0 Å². The van der Waals surface area contributed by atoms with Crippen LogP contribution in [0.3, 0.4) is 0 Å². The average Bonchev–Trinajstić information content (AvgIpc) is 2.40. The van der Waals surface area contributed by atoms with Crippen LogP contribution < -0.4 is 5.32 Å². The summed E-state index contributed by atoms with van der Waals surface area (Å²) in [6.45, 7) is 8.08. The van der Waals surface area contributed by atoms with Crippen molar-refractivity contribution < 1.29 is 9.90 Å². The third kappa shape index (κ3) is 3.40. The number of hydrogen-bond donors (Lipinski definition) is 2. The summed E-state index contributed by atoms with van der Waals surface area (Å²) in [4.78, 5) is 15.5. The Bertz CT molecular complexity index is 678. The molecule has 21 heavy (non-hydrogen) atoms. The predicted molar refractivity (Wildman–Crippen MR) is 84.5 cm³/mol. The molecule has 0 aliphatic carbocycles. The largest absolute Gasteiger partial charge is 0.478 e. The normalized spacial score (nSPS) is 10.7. The number of rotatable bonds is 4. The predicted octanol–water partition coefficient (Wildman–Crippen LogP) is 4.26. The first-order valence-electron chi connectivity index (χ1n) is 6.97. The van der Waals surface area contributed by atoms with Gasteiger partial charge in [-0.3, -0.25) is 0 Å². The van der Waals surface area contributed by atoms with Gasteiger partial charge in [-0.1, -0.05) is 32.0 Å². The molecule has 2 aromatic rings. The SMILES string of the molecule is Cc1cc(C(=O)O)cc(Nc2c(C)cccc2C(C)C)n1. The van der Waals surface area contributed by atoms with Gasteiger partial charge in [0.2, 0.25) is 0 Å². The van der Waals surface area contributed by atoms with Gasteiger partial charge in [-0.05, 0) is 43.0 Å². The number of pyridine rings is 1. The van der Waals surface area contributed by atoms with Crippen molar-refractivity contribution in [2.45, 2.75) is 33.6 Å². The topological polar surface area (TPSA) is 62.2 Å². The molecule has 0 unspecified atom stereocenters. The molecule has 110 valence electrons. The van der Waals surface area contributed by atoms with Crippen molar-refractivity contribution in [3.63, 3.8) is 0 Å². The number of carboxylic acid groups (broad SMARTS) is 1. The molecular formula is C17H20N2O2. The van der Waals surface area contributed by atoms with Gasteiger partial charge in [0.25, 0.3) is 0 Å². The average molecular weight is 284 g/mol. The molecule has 0 saturated carbocycles. The van der Waals surface area contributed by atoms with E-state index in [1.54, 1.807) is 19.1 Å². The molecule has 0 bridgehead atoms. The van der Waals surface area contributed by atoms with Gasteiger partial charge >= 0.3 is 5.97 Å². The summed E-state index contributed by atoms with van der Waals surface area (Å²) < 4.78 is 0. The molecule has 4 heteroatoms. The number of nitrogens with one attached hydrogen (secondary N) is 1. The number of nitrogens with zero attached hydrogens (tertiary/aromatic N) is 1. The van der Waals surface area contributed by atoms with Crippen LogP contribution in [-0.4, -0.2) is 16.1 Å². The first-order valence-corrected chi connectivity index (χ1v) is 6.97. The molecule has 1 aromatic heterocycles. The fourth-order valence-electron chi connectivity index (χ4n) is 2.33. The Morgan fingerprint density at radius 3 is 2.57 bits per heavy atom. The van der Waals surface area contributed by atoms with Crippen LogP contribution >= 0.6 is 0 Å². The molecule has 0 saturated heterocycles. The van der Waals surface area contributed by atoms with Crippen molar-refractivity contribution in [3.05, 3.63) is 52.7 Å². The smallest absolute Gasteiger partial charge is 0.335 e. The zero-order valence-electron chi connectivity index (χ0n) is 12.8. The second kappa shape index (κ2) is 5.95. The Hall–Kier alpha value is -2.36. The van der Waals surface area contributed by atoms with Crippen molar-refractivity contribution in [1.82, 2.24) is 4.98 Å². The van der Waals surface area contributed by atoms with E-state index in [9.17, 15) is 4.79 Å². The van der Waals surface area contributed by atoms with E-state index in [4.69, 9.17) is 5.11 Å². The minimum absolute atomic E-state index is 0.240. The number of carboxylic acids is 1. The molecule has 0 aliphatic rings. The molecular weight excluding hydrogens is 264 g/mol. The molecule has 0 spiro atoms. The second-order valence-electron chi connectivity index (χ2n) is 5.51. The third-order valence-corrected chi connectivity index (χ3v) is 3.38. The van der Waals surface area contributed by atoms with Crippen LogP contribution in [0.4, 0.5) is 11.5 Å². The number of aromatic carboxylic acids is 1. The Morgan fingerprint density at radius 1 is 1.24 bits per heavy atom. The zero-order valence-corrected chi connectivity index (χ0v) is 12.8. The van der Waals surface area contributed by atoms with E-state index in [1.807, 2.05) is 19.1 Å². The van der Waals surface area contributed by atoms with Gasteiger partial charge in [-0.25, -0.2) is 9.78 Å². The van der Waals surface area contributed by atoms with Crippen molar-refractivity contribution in [3.8, 4) is 0 Å². The van der Waals surface area contributed by atoms with E-state index in [1.165, 1.54) is 5.56 Å². The molecule has 0 radical (unpaired) electrons. The number of para-hydroxylation sites is 1. The van der Waals surface area contributed by atoms with Crippen LogP contribution in [0.2, 0.25) is 0 Å². The first-order chi connectivity index (χ1) is 9.88. The highest BCUT2D eigenvalue weighted by atomic mass is 16.4. The van der Waals surface area contributed by atoms with Crippen LogP contribution in [0.1, 0.15) is 46.9 Å². The maximum absolute atomic E-state index is 11.1. The second-order valence-corrected chi connectivity index (χ2v) is 5.51. The standard InChI is InChI=1S/C17H20N2O2/c1-10(2)14-7-5-6-11(3)16(14)19-15-9-13(17(20)21)8-12(4)18-15/h5-10H,1-4H3,(H,18,19)(H,20,21). The van der Waals surface area contributed by atoms with Gasteiger partial charge in [0.05, 0.1) is 5.56 Å². The summed E-state index contributed by atoms with van der Waals surface area (Å²) >= 11 is 0. The lowest BCUT2D eigenvalue weighted by atomic mass is 9.98. The lowest BCUT2D eigenvalue weighted by Crippen LogP contribution is -2.05. The number of aryl methyl sites for hydroxylation is 2. The van der Waals surface area contributed by atoms with Gasteiger partial charge in [-0.15, -0.1) is 0 Å². The van der Waals surface area contributed by atoms with Crippen LogP contribution in [-0.2, 0) is 0 Å². The van der Waals surface area contributed by atoms with Crippen molar-refractivity contribution in [2.75, 3.05) is 5.32 Å². The van der Waals surface area contributed by atoms with Crippen molar-refractivity contribution in [1.29, 1.82) is 0 Å². The monoisotopic (exact) mass is 284 g/mol. The highest BCUT2D eigenvalue weighted by molar-refractivity contribution is 5.89. The van der Waals surface area contributed by atoms with E-state index < -0.39 is 5.97 Å². The fraction of sp³-hybridized carbons (Fsp3) is 0.294. The molecule has 4 nitrogen and oxygen atoms in total. The van der Waals surface area contributed by atoms with E-state index >= 15 is 0 Å². The van der Waals surface area contributed by atoms with E-state index in [2.05, 4.69) is 30.2 Å². The minimum Gasteiger partial charge on any atom is -0.478 e. The van der Waals surface area contributed by atoms with Gasteiger partial charge < -0.3 is 10.4 Å². The summed E-state index contributed by atoms with van der Waals surface area (Å²) in [7, 11) is 0. The number of hydrogen-bond acceptors (Lipinski definition) is 3. The summed E-state index contributed by atoms with van der Waals surface area (Å²) in [6.07, 6.45) is 0. The Balaban J connectivity index is 2.45. The lowest BCUT2D eigenvalue weighted by Gasteiger charge is -2.17. The summed E-state index contributed by atoms with van der Waals surface area (Å²) in [5, 5.41) is 12.4. The Labute approximate surface area is 124 Å². The summed E-state index contributed by atoms with van der Waals surface area (Å²) in [6, 6.07) is 9.26. The van der Waals surface area contributed by atoms with Crippen LogP contribution in [0, 0.1) is 13.8 Å². The maximum Gasteiger partial charge on any atom is 0.335 e. The van der Waals surface area contributed by atoms with Gasteiger partial charge in [0, 0.05) is 11.4 Å². The van der Waals surface area contributed by atoms with E-state index in [0.717, 1.165) is 11.3 Å². The molecule has 0 fully saturated rings. The van der Waals surface area contributed by atoms with Gasteiger partial charge in [-0.2, -0.15) is 0 Å². The maximum atomic E-state index is 11.1. The summed E-state index contributed by atoms with van der Waals surface area (Å²) in [5.74, 6) is -0.0165. The number of aromatic nitrogens is 1. The van der Waals surface area contributed by atoms with E-state index in [-0.39, 0.29) is 5.56 Å². The summed E-state index contributed by atoms with van der Waals surface area (Å²) in [5.41, 5.74) is 4.22. The highest BCUT2D eigenvalue weighted by Crippen LogP contribution is 2.30. The molecule has 0 atom stereocenters. The lowest BCUT2D eigenvalue weighted by molar-refractivity contribution is 0.0696. The van der Waals surface area contributed by atoms with Gasteiger partial charge in [0.1, 0.15) is 5.82 Å². The Kier molecular flexibility index (Phi) is 4.26. The molecule has 0 aliphatic heterocycles. The van der Waals surface area contributed by atoms with Crippen LogP contribution in [0.15, 0.2) is 30.3 Å². The minimum atomic E-state index is -0.947. The molecule has 2 N–H and O–H groups in total. The Morgan fingerprint density at radius 2 is 1.95 bits per heavy atom. The van der Waals surface area contributed by atoms with E-state index in [0.29, 0.717) is 17.4 Å². The van der Waals surface area contributed by atoms with Gasteiger partial charge in [0.15, 0.2) is 0 Å². The third-order valence-electron chi connectivity index (χ3n) is 3.38. The molecule has 1 heterocycles. The van der Waals surface area contributed by atoms with Crippen molar-refractivity contribution >= 4 is 17.5 Å². The molecule has 1 aromatic carbocycles. The first kappa shape index (κ1) is 15.0. The van der Waals surface area contributed by atoms with Crippen molar-refractivity contribution in [2.24, 2.45) is 0 Å².